The van der Waals surface area contributed by atoms with Crippen molar-refractivity contribution in [3.63, 3.8) is 0 Å². The van der Waals surface area contributed by atoms with E-state index in [1.807, 2.05) is 13.8 Å². The Morgan fingerprint density at radius 1 is 1.46 bits per heavy atom. The van der Waals surface area contributed by atoms with Crippen LogP contribution in [-0.4, -0.2) is 23.8 Å². The summed E-state index contributed by atoms with van der Waals surface area (Å²) < 4.78 is 0. The predicted octanol–water partition coefficient (Wildman–Crippen LogP) is 1.08. The highest BCUT2D eigenvalue weighted by Crippen LogP contribution is 2.19. The van der Waals surface area contributed by atoms with E-state index >= 15 is 0 Å². The van der Waals surface area contributed by atoms with Gasteiger partial charge in [-0.15, -0.1) is 0 Å². The summed E-state index contributed by atoms with van der Waals surface area (Å²) in [7, 11) is 0. The Morgan fingerprint density at radius 3 is 2.31 bits per heavy atom. The highest BCUT2D eigenvalue weighted by Gasteiger charge is 2.22. The molecule has 0 saturated heterocycles. The minimum absolute atomic E-state index is 0.0603. The standard InChI is InChI=1S/C9H20BNO2/c1-4-7(10(3)13)6-9(12)8(11)5-2/h7-8,13H,4-6,11H2,1-3H3/t7-,8+/m1/s1. The van der Waals surface area contributed by atoms with Crippen molar-refractivity contribution >= 4 is 12.7 Å². The lowest BCUT2D eigenvalue weighted by molar-refractivity contribution is -0.120. The van der Waals surface area contributed by atoms with Gasteiger partial charge in [0, 0.05) is 6.42 Å². The zero-order valence-corrected chi connectivity index (χ0v) is 8.79. The zero-order chi connectivity index (χ0) is 10.4. The summed E-state index contributed by atoms with van der Waals surface area (Å²) in [5.41, 5.74) is 5.59. The second kappa shape index (κ2) is 6.16. The molecular weight excluding hydrogens is 165 g/mol. The lowest BCUT2D eigenvalue weighted by atomic mass is 9.56. The molecule has 0 aromatic rings. The van der Waals surface area contributed by atoms with Crippen LogP contribution in [0.5, 0.6) is 0 Å². The summed E-state index contributed by atoms with van der Waals surface area (Å²) in [6.45, 7) is 5.17. The van der Waals surface area contributed by atoms with Crippen molar-refractivity contribution in [3.8, 4) is 0 Å². The molecule has 0 bridgehead atoms. The van der Waals surface area contributed by atoms with E-state index in [0.29, 0.717) is 12.8 Å². The first-order chi connectivity index (χ1) is 6.02. The summed E-state index contributed by atoms with van der Waals surface area (Å²) in [5, 5.41) is 9.32. The smallest absolute Gasteiger partial charge is 0.289 e. The van der Waals surface area contributed by atoms with E-state index in [9.17, 15) is 9.82 Å². The van der Waals surface area contributed by atoms with Gasteiger partial charge in [-0.25, -0.2) is 0 Å². The number of rotatable bonds is 6. The van der Waals surface area contributed by atoms with Crippen LogP contribution in [-0.2, 0) is 4.79 Å². The van der Waals surface area contributed by atoms with Gasteiger partial charge >= 0.3 is 0 Å². The summed E-state index contributed by atoms with van der Waals surface area (Å²) in [4.78, 5) is 11.4. The first-order valence-electron chi connectivity index (χ1n) is 4.99. The van der Waals surface area contributed by atoms with Crippen LogP contribution in [0.3, 0.4) is 0 Å². The minimum Gasteiger partial charge on any atom is -0.450 e. The minimum atomic E-state index is -0.419. The molecule has 0 aliphatic heterocycles. The van der Waals surface area contributed by atoms with Crippen molar-refractivity contribution in [1.82, 2.24) is 0 Å². The van der Waals surface area contributed by atoms with Gasteiger partial charge in [0.05, 0.1) is 6.04 Å². The first kappa shape index (κ1) is 12.7. The molecule has 13 heavy (non-hydrogen) atoms. The molecule has 0 saturated carbocycles. The quantitative estimate of drug-likeness (QED) is 0.608. The molecule has 0 radical (unpaired) electrons. The third-order valence-electron chi connectivity index (χ3n) is 2.52. The molecule has 0 fully saturated rings. The monoisotopic (exact) mass is 185 g/mol. The maximum absolute atomic E-state index is 11.4. The molecular formula is C9H20BNO2. The molecule has 0 unspecified atom stereocenters. The lowest BCUT2D eigenvalue weighted by Gasteiger charge is -2.16. The number of Topliss-reactive ketones (excluding diaryl/α,β-unsaturated/α-hetero) is 1. The maximum atomic E-state index is 11.4. The van der Waals surface area contributed by atoms with E-state index in [-0.39, 0.29) is 17.6 Å². The lowest BCUT2D eigenvalue weighted by Crippen LogP contribution is -2.32. The van der Waals surface area contributed by atoms with Gasteiger partial charge in [-0.05, 0) is 12.2 Å². The van der Waals surface area contributed by atoms with Crippen LogP contribution in [0, 0.1) is 0 Å². The van der Waals surface area contributed by atoms with Gasteiger partial charge < -0.3 is 10.8 Å². The number of hydrogen-bond donors (Lipinski definition) is 2. The molecule has 0 heterocycles. The van der Waals surface area contributed by atoms with Crippen LogP contribution in [0.25, 0.3) is 0 Å². The largest absolute Gasteiger partial charge is 0.450 e. The molecule has 0 rings (SSSR count). The maximum Gasteiger partial charge on any atom is 0.289 e. The van der Waals surface area contributed by atoms with E-state index in [1.165, 1.54) is 0 Å². The van der Waals surface area contributed by atoms with Crippen LogP contribution in [0.1, 0.15) is 33.1 Å². The van der Waals surface area contributed by atoms with Crippen LogP contribution < -0.4 is 5.73 Å². The van der Waals surface area contributed by atoms with E-state index < -0.39 is 6.92 Å². The second-order valence-electron chi connectivity index (χ2n) is 3.59. The van der Waals surface area contributed by atoms with Crippen molar-refractivity contribution < 1.29 is 9.82 Å². The number of carbonyl (C=O) groups is 1. The second-order valence-corrected chi connectivity index (χ2v) is 3.59. The zero-order valence-electron chi connectivity index (χ0n) is 8.79. The Morgan fingerprint density at radius 2 is 2.00 bits per heavy atom. The van der Waals surface area contributed by atoms with E-state index in [0.717, 1.165) is 6.42 Å². The summed E-state index contributed by atoms with van der Waals surface area (Å²) in [6.07, 6.45) is 1.90. The fraction of sp³-hybridized carbons (Fsp3) is 0.889. The normalized spacial score (nSPS) is 15.2. The molecule has 0 spiro atoms. The van der Waals surface area contributed by atoms with E-state index in [4.69, 9.17) is 5.73 Å². The molecule has 0 aromatic carbocycles. The molecule has 3 N–H and O–H groups in total. The van der Waals surface area contributed by atoms with Gasteiger partial charge in [-0.3, -0.25) is 4.79 Å². The number of nitrogens with two attached hydrogens (primary N) is 1. The van der Waals surface area contributed by atoms with Crippen molar-refractivity contribution in [2.24, 2.45) is 5.73 Å². The SMILES string of the molecule is CC[C@H](CC(=O)[C@@H](N)CC)B(C)O. The average Bonchev–Trinajstić information content (AvgIpc) is 2.11. The first-order valence-corrected chi connectivity index (χ1v) is 4.99. The highest BCUT2D eigenvalue weighted by atomic mass is 16.2. The molecule has 2 atom stereocenters. The Hall–Kier alpha value is -0.345. The molecule has 4 heteroatoms. The number of carbonyl (C=O) groups excluding carboxylic acids is 1. The Balaban J connectivity index is 4.01. The predicted molar refractivity (Wildman–Crippen MR) is 55.8 cm³/mol. The van der Waals surface area contributed by atoms with Gasteiger partial charge in [0.25, 0.3) is 6.92 Å². The Bertz CT molecular complexity index is 162. The topological polar surface area (TPSA) is 63.3 Å². The summed E-state index contributed by atoms with van der Waals surface area (Å²) in [6, 6.07) is -0.354. The van der Waals surface area contributed by atoms with Crippen LogP contribution in [0.15, 0.2) is 0 Å². The summed E-state index contributed by atoms with van der Waals surface area (Å²) >= 11 is 0. The molecule has 0 aliphatic carbocycles. The van der Waals surface area contributed by atoms with Gasteiger partial charge in [-0.2, -0.15) is 0 Å². The van der Waals surface area contributed by atoms with Gasteiger partial charge in [-0.1, -0.05) is 27.1 Å². The van der Waals surface area contributed by atoms with E-state index in [2.05, 4.69) is 0 Å². The highest BCUT2D eigenvalue weighted by molar-refractivity contribution is 6.50. The van der Waals surface area contributed by atoms with Crippen molar-refractivity contribution in [3.05, 3.63) is 0 Å². The summed E-state index contributed by atoms with van der Waals surface area (Å²) in [5.74, 6) is 0.125. The average molecular weight is 185 g/mol. The Labute approximate surface area is 80.8 Å². The molecule has 0 aliphatic rings. The van der Waals surface area contributed by atoms with Crippen molar-refractivity contribution in [1.29, 1.82) is 0 Å². The third-order valence-corrected chi connectivity index (χ3v) is 2.52. The molecule has 3 nitrogen and oxygen atoms in total. The van der Waals surface area contributed by atoms with Crippen LogP contribution in [0.2, 0.25) is 12.6 Å². The molecule has 0 amide bonds. The van der Waals surface area contributed by atoms with Gasteiger partial charge in [0.2, 0.25) is 0 Å². The van der Waals surface area contributed by atoms with Gasteiger partial charge in [0.1, 0.15) is 5.78 Å². The van der Waals surface area contributed by atoms with E-state index in [1.54, 1.807) is 6.82 Å². The van der Waals surface area contributed by atoms with Gasteiger partial charge in [0.15, 0.2) is 0 Å². The van der Waals surface area contributed by atoms with Crippen LogP contribution in [0.4, 0.5) is 0 Å². The number of hydrogen-bond acceptors (Lipinski definition) is 3. The third kappa shape index (κ3) is 4.43. The fourth-order valence-corrected chi connectivity index (χ4v) is 1.29. The molecule has 0 aromatic heterocycles. The Kier molecular flexibility index (Phi) is 6.00. The van der Waals surface area contributed by atoms with Crippen molar-refractivity contribution in [2.45, 2.75) is 51.8 Å². The number of ketones is 1. The molecule has 76 valence electrons. The van der Waals surface area contributed by atoms with Crippen LogP contribution >= 0.6 is 0 Å². The fourth-order valence-electron chi connectivity index (χ4n) is 1.29. The van der Waals surface area contributed by atoms with Crippen molar-refractivity contribution in [2.75, 3.05) is 0 Å².